The van der Waals surface area contributed by atoms with Gasteiger partial charge >= 0.3 is 0 Å². The van der Waals surface area contributed by atoms with E-state index in [-0.39, 0.29) is 0 Å². The van der Waals surface area contributed by atoms with Crippen molar-refractivity contribution in [2.45, 2.75) is 0 Å². The molecule has 2 nitrogen and oxygen atoms in total. The molecule has 0 atom stereocenters. The SMILES string of the molecule is c1ccc2c(c1)oc1cc3sc4cc5cc(-c6ccc(-c7c8ccccc8c(-c8cccc9oc%10ccccc%10c89)c8ccccc78)cc6)ccc5cc4c3cc12. The molecule has 0 saturated heterocycles. The monoisotopic (exact) mass is 742 g/mol. The van der Waals surface area contributed by atoms with Crippen molar-refractivity contribution < 1.29 is 8.83 Å². The highest BCUT2D eigenvalue weighted by Crippen LogP contribution is 2.47. The van der Waals surface area contributed by atoms with Crippen molar-refractivity contribution in [2.75, 3.05) is 0 Å². The summed E-state index contributed by atoms with van der Waals surface area (Å²) in [5.74, 6) is 0. The van der Waals surface area contributed by atoms with E-state index in [2.05, 4.69) is 164 Å². The van der Waals surface area contributed by atoms with Gasteiger partial charge in [0.25, 0.3) is 0 Å². The van der Waals surface area contributed by atoms with E-state index in [1.54, 1.807) is 0 Å². The summed E-state index contributed by atoms with van der Waals surface area (Å²) in [5, 5.41) is 14.7. The zero-order chi connectivity index (χ0) is 37.2. The Bertz CT molecular complexity index is 3750. The van der Waals surface area contributed by atoms with Crippen molar-refractivity contribution in [1.29, 1.82) is 0 Å². The van der Waals surface area contributed by atoms with Gasteiger partial charge in [-0.2, -0.15) is 0 Å². The zero-order valence-electron chi connectivity index (χ0n) is 30.5. The van der Waals surface area contributed by atoms with E-state index in [0.29, 0.717) is 0 Å². The van der Waals surface area contributed by atoms with Crippen molar-refractivity contribution in [3.63, 3.8) is 0 Å². The van der Waals surface area contributed by atoms with Crippen LogP contribution in [0.3, 0.4) is 0 Å². The van der Waals surface area contributed by atoms with Gasteiger partial charge in [0.05, 0.1) is 0 Å². The highest BCUT2D eigenvalue weighted by atomic mass is 32.1. The molecule has 264 valence electrons. The smallest absolute Gasteiger partial charge is 0.136 e. The van der Waals surface area contributed by atoms with Crippen molar-refractivity contribution in [3.05, 3.63) is 182 Å². The van der Waals surface area contributed by atoms with Gasteiger partial charge in [-0.3, -0.25) is 0 Å². The lowest BCUT2D eigenvalue weighted by molar-refractivity contribution is 0.669. The predicted octanol–water partition coefficient (Wildman–Crippen LogP) is 16.3. The van der Waals surface area contributed by atoms with E-state index in [9.17, 15) is 0 Å². The van der Waals surface area contributed by atoms with E-state index in [1.807, 2.05) is 29.5 Å². The minimum absolute atomic E-state index is 0.910. The highest BCUT2D eigenvalue weighted by molar-refractivity contribution is 7.26. The molecule has 3 heterocycles. The van der Waals surface area contributed by atoms with Crippen LogP contribution in [-0.2, 0) is 0 Å². The first-order chi connectivity index (χ1) is 28.2. The topological polar surface area (TPSA) is 26.3 Å². The standard InChI is InChI=1S/C54H30O2S/c1-3-13-39-37(11-1)52(38-12-2-4-14-40(38)53(39)42-16-9-19-48-54(42)41-15-6-8-18-47(41)55-48)32-22-20-31(21-23-32)33-24-25-34-27-44-45-29-43-36-10-5-7-17-46(36)56-49(43)30-51(45)57-50(44)28-35(34)26-33/h1-30H. The van der Waals surface area contributed by atoms with E-state index in [1.165, 1.54) is 96.6 Å². The van der Waals surface area contributed by atoms with Crippen LogP contribution < -0.4 is 0 Å². The molecule has 3 heteroatoms. The summed E-state index contributed by atoms with van der Waals surface area (Å²) < 4.78 is 15.1. The lowest BCUT2D eigenvalue weighted by atomic mass is 9.84. The molecule has 0 aliphatic heterocycles. The first-order valence-electron chi connectivity index (χ1n) is 19.4. The molecule has 0 spiro atoms. The molecule has 13 aromatic rings. The number of rotatable bonds is 3. The summed E-state index contributed by atoms with van der Waals surface area (Å²) in [6, 6.07) is 66.2. The minimum Gasteiger partial charge on any atom is -0.456 e. The summed E-state index contributed by atoms with van der Waals surface area (Å²) >= 11 is 1.84. The van der Waals surface area contributed by atoms with Gasteiger partial charge in [-0.15, -0.1) is 11.3 Å². The molecule has 0 unspecified atom stereocenters. The molecule has 3 aromatic heterocycles. The summed E-state index contributed by atoms with van der Waals surface area (Å²) in [5.41, 5.74) is 11.0. The molecule has 0 aliphatic carbocycles. The fourth-order valence-corrected chi connectivity index (χ4v) is 10.6. The fraction of sp³-hybridized carbons (Fsp3) is 0. The molecule has 57 heavy (non-hydrogen) atoms. The minimum atomic E-state index is 0.910. The number of furan rings is 2. The number of benzene rings is 10. The Morgan fingerprint density at radius 3 is 1.61 bits per heavy atom. The highest BCUT2D eigenvalue weighted by Gasteiger charge is 2.20. The first-order valence-corrected chi connectivity index (χ1v) is 20.2. The molecule has 0 fully saturated rings. The second-order valence-electron chi connectivity index (χ2n) is 15.2. The predicted molar refractivity (Wildman–Crippen MR) is 243 cm³/mol. The number of para-hydroxylation sites is 2. The Kier molecular flexibility index (Phi) is 6.35. The van der Waals surface area contributed by atoms with Crippen molar-refractivity contribution >= 4 is 108 Å². The zero-order valence-corrected chi connectivity index (χ0v) is 31.4. The molecule has 0 radical (unpaired) electrons. The van der Waals surface area contributed by atoms with E-state index in [0.717, 1.165) is 33.1 Å². The largest absolute Gasteiger partial charge is 0.456 e. The maximum atomic E-state index is 6.35. The average Bonchev–Trinajstić information content (AvgIpc) is 3.94. The van der Waals surface area contributed by atoms with Crippen LogP contribution in [0.25, 0.3) is 130 Å². The van der Waals surface area contributed by atoms with Crippen LogP contribution in [0.1, 0.15) is 0 Å². The lowest BCUT2D eigenvalue weighted by Gasteiger charge is -2.18. The van der Waals surface area contributed by atoms with Crippen LogP contribution >= 0.6 is 11.3 Å². The molecule has 13 rings (SSSR count). The van der Waals surface area contributed by atoms with Crippen LogP contribution in [0.15, 0.2) is 191 Å². The molecular weight excluding hydrogens is 713 g/mol. The third-order valence-corrected chi connectivity index (χ3v) is 13.2. The quantitative estimate of drug-likeness (QED) is 0.169. The number of hydrogen-bond donors (Lipinski definition) is 0. The van der Waals surface area contributed by atoms with Crippen LogP contribution in [0.4, 0.5) is 0 Å². The average molecular weight is 743 g/mol. The fourth-order valence-electron chi connectivity index (χ4n) is 9.46. The molecule has 0 amide bonds. The van der Waals surface area contributed by atoms with Crippen LogP contribution in [0.2, 0.25) is 0 Å². The number of thiophene rings is 1. The maximum absolute atomic E-state index is 6.35. The first kappa shape index (κ1) is 31.1. The Hall–Kier alpha value is -7.20. The third-order valence-electron chi connectivity index (χ3n) is 12.0. The van der Waals surface area contributed by atoms with Crippen molar-refractivity contribution in [3.8, 4) is 33.4 Å². The Morgan fingerprint density at radius 1 is 0.298 bits per heavy atom. The second kappa shape index (κ2) is 11.7. The molecule has 0 aliphatic rings. The van der Waals surface area contributed by atoms with Gasteiger partial charge in [0.1, 0.15) is 22.3 Å². The van der Waals surface area contributed by atoms with Gasteiger partial charge in [0, 0.05) is 41.7 Å². The van der Waals surface area contributed by atoms with E-state index >= 15 is 0 Å². The molecular formula is C54H30O2S. The molecule has 0 bridgehead atoms. The van der Waals surface area contributed by atoms with Crippen LogP contribution in [-0.4, -0.2) is 0 Å². The molecule has 0 N–H and O–H groups in total. The van der Waals surface area contributed by atoms with Crippen molar-refractivity contribution in [2.24, 2.45) is 0 Å². The van der Waals surface area contributed by atoms with E-state index in [4.69, 9.17) is 8.83 Å². The Balaban J connectivity index is 0.934. The van der Waals surface area contributed by atoms with Crippen LogP contribution in [0.5, 0.6) is 0 Å². The summed E-state index contributed by atoms with van der Waals surface area (Å²) in [4.78, 5) is 0. The summed E-state index contributed by atoms with van der Waals surface area (Å²) in [7, 11) is 0. The summed E-state index contributed by atoms with van der Waals surface area (Å²) in [6.07, 6.45) is 0. The van der Waals surface area contributed by atoms with Gasteiger partial charge in [-0.1, -0.05) is 133 Å². The van der Waals surface area contributed by atoms with E-state index < -0.39 is 0 Å². The van der Waals surface area contributed by atoms with Crippen molar-refractivity contribution in [1.82, 2.24) is 0 Å². The maximum Gasteiger partial charge on any atom is 0.136 e. The normalized spacial score (nSPS) is 12.2. The number of fused-ring (bicyclic) bond motifs is 12. The Labute approximate surface area is 330 Å². The number of hydrogen-bond acceptors (Lipinski definition) is 3. The molecule has 0 saturated carbocycles. The lowest BCUT2D eigenvalue weighted by Crippen LogP contribution is -1.91. The van der Waals surface area contributed by atoms with Gasteiger partial charge in [-0.05, 0) is 114 Å². The van der Waals surface area contributed by atoms with Gasteiger partial charge < -0.3 is 8.83 Å². The third kappa shape index (κ3) is 4.52. The summed E-state index contributed by atoms with van der Waals surface area (Å²) in [6.45, 7) is 0. The van der Waals surface area contributed by atoms with Crippen LogP contribution in [0, 0.1) is 0 Å². The second-order valence-corrected chi connectivity index (χ2v) is 16.2. The van der Waals surface area contributed by atoms with Gasteiger partial charge in [0.2, 0.25) is 0 Å². The van der Waals surface area contributed by atoms with Gasteiger partial charge in [-0.25, -0.2) is 0 Å². The molecule has 10 aromatic carbocycles. The Morgan fingerprint density at radius 2 is 0.860 bits per heavy atom. The van der Waals surface area contributed by atoms with Gasteiger partial charge in [0.15, 0.2) is 0 Å².